The van der Waals surface area contributed by atoms with E-state index in [4.69, 9.17) is 5.11 Å². The van der Waals surface area contributed by atoms with Crippen molar-refractivity contribution in [1.82, 2.24) is 4.98 Å². The van der Waals surface area contributed by atoms with Gasteiger partial charge in [-0.2, -0.15) is 0 Å². The molecule has 0 aromatic carbocycles. The van der Waals surface area contributed by atoms with Gasteiger partial charge in [0, 0.05) is 0 Å². The molecule has 8 heteroatoms. The number of carboxylic acids is 1. The molecule has 7 nitrogen and oxygen atoms in total. The Morgan fingerprint density at radius 2 is 2.27 bits per heavy atom. The van der Waals surface area contributed by atoms with Crippen molar-refractivity contribution >= 4 is 22.0 Å². The van der Waals surface area contributed by atoms with Gasteiger partial charge < -0.3 is 9.52 Å². The van der Waals surface area contributed by atoms with Crippen LogP contribution in [0.3, 0.4) is 0 Å². The molecule has 82 valence electrons. The van der Waals surface area contributed by atoms with Gasteiger partial charge in [-0.15, -0.1) is 0 Å². The molecule has 0 spiro atoms. The molecular formula is C7H8N2O5S. The van der Waals surface area contributed by atoms with E-state index in [-0.39, 0.29) is 6.01 Å². The average Bonchev–Trinajstić information content (AvgIpc) is 2.88. The second-order valence-corrected chi connectivity index (χ2v) is 5.14. The summed E-state index contributed by atoms with van der Waals surface area (Å²) < 4.78 is 29.5. The molecule has 2 rings (SSSR count). The summed E-state index contributed by atoms with van der Waals surface area (Å²) in [6, 6.07) is -0.306. The first kappa shape index (κ1) is 9.97. The van der Waals surface area contributed by atoms with Crippen LogP contribution in [0.4, 0.5) is 6.01 Å². The van der Waals surface area contributed by atoms with Gasteiger partial charge in [-0.25, -0.2) is 22.9 Å². The Hall–Kier alpha value is -1.57. The topological polar surface area (TPSA) is 109 Å². The van der Waals surface area contributed by atoms with Gasteiger partial charge in [0.1, 0.15) is 0 Å². The highest BCUT2D eigenvalue weighted by atomic mass is 32.2. The van der Waals surface area contributed by atoms with Gasteiger partial charge in [0.2, 0.25) is 15.8 Å². The lowest BCUT2D eigenvalue weighted by molar-refractivity contribution is 0.0663. The van der Waals surface area contributed by atoms with E-state index in [0.29, 0.717) is 12.8 Å². The molecule has 1 aliphatic rings. The molecule has 1 fully saturated rings. The first-order chi connectivity index (χ1) is 6.99. The molecule has 2 N–H and O–H groups in total. The molecule has 15 heavy (non-hydrogen) atoms. The maximum absolute atomic E-state index is 11.4. The molecule has 0 atom stereocenters. The van der Waals surface area contributed by atoms with Crippen molar-refractivity contribution in [3.63, 3.8) is 0 Å². The van der Waals surface area contributed by atoms with E-state index in [0.717, 1.165) is 6.20 Å². The van der Waals surface area contributed by atoms with E-state index in [1.165, 1.54) is 0 Å². The Labute approximate surface area is 85.2 Å². The first-order valence-electron chi connectivity index (χ1n) is 4.20. The number of aromatic carboxylic acids is 1. The van der Waals surface area contributed by atoms with Gasteiger partial charge in [-0.1, -0.05) is 0 Å². The van der Waals surface area contributed by atoms with E-state index >= 15 is 0 Å². The van der Waals surface area contributed by atoms with Crippen molar-refractivity contribution < 1.29 is 22.7 Å². The van der Waals surface area contributed by atoms with Crippen LogP contribution in [0.1, 0.15) is 23.4 Å². The lowest BCUT2D eigenvalue weighted by Gasteiger charge is -2.00. The SMILES string of the molecule is O=C(O)c1cnc(NS(=O)(=O)C2CC2)o1. The monoisotopic (exact) mass is 232 g/mol. The zero-order valence-electron chi connectivity index (χ0n) is 7.50. The lowest BCUT2D eigenvalue weighted by Crippen LogP contribution is -2.17. The molecule has 1 heterocycles. The summed E-state index contributed by atoms with van der Waals surface area (Å²) in [6.07, 6.45) is 2.18. The third-order valence-electron chi connectivity index (χ3n) is 1.91. The highest BCUT2D eigenvalue weighted by Gasteiger charge is 2.36. The number of anilines is 1. The smallest absolute Gasteiger partial charge is 0.373 e. The lowest BCUT2D eigenvalue weighted by atomic mass is 10.5. The molecule has 1 saturated carbocycles. The number of sulfonamides is 1. The predicted octanol–water partition coefficient (Wildman–Crippen LogP) is 0.277. The van der Waals surface area contributed by atoms with Crippen molar-refractivity contribution in [2.75, 3.05) is 4.72 Å². The standard InChI is InChI=1S/C7H8N2O5S/c10-6(11)5-3-8-7(14-5)9-15(12,13)4-1-2-4/h3-4H,1-2H2,(H,8,9)(H,10,11). The third-order valence-corrected chi connectivity index (χ3v) is 3.72. The zero-order valence-corrected chi connectivity index (χ0v) is 8.32. The van der Waals surface area contributed by atoms with E-state index in [2.05, 4.69) is 14.1 Å². The van der Waals surface area contributed by atoms with Crippen LogP contribution >= 0.6 is 0 Å². The fourth-order valence-electron chi connectivity index (χ4n) is 1.00. The van der Waals surface area contributed by atoms with Crippen LogP contribution in [0.25, 0.3) is 0 Å². The maximum atomic E-state index is 11.4. The minimum atomic E-state index is -3.45. The van der Waals surface area contributed by atoms with Gasteiger partial charge in [0.15, 0.2) is 0 Å². The number of nitrogens with zero attached hydrogens (tertiary/aromatic N) is 1. The molecule has 0 bridgehead atoms. The van der Waals surface area contributed by atoms with E-state index in [1.54, 1.807) is 0 Å². The Kier molecular flexibility index (Phi) is 2.14. The second kappa shape index (κ2) is 3.23. The number of hydrogen-bond donors (Lipinski definition) is 2. The number of rotatable bonds is 4. The molecule has 0 amide bonds. The Morgan fingerprint density at radius 3 is 2.73 bits per heavy atom. The molecular weight excluding hydrogens is 224 g/mol. The molecule has 0 radical (unpaired) electrons. The van der Waals surface area contributed by atoms with Crippen LogP contribution in [-0.2, 0) is 10.0 Å². The van der Waals surface area contributed by atoms with Gasteiger partial charge >= 0.3 is 12.0 Å². The van der Waals surface area contributed by atoms with E-state index < -0.39 is 27.0 Å². The summed E-state index contributed by atoms with van der Waals surface area (Å²) in [6.45, 7) is 0. The largest absolute Gasteiger partial charge is 0.475 e. The summed E-state index contributed by atoms with van der Waals surface area (Å²) in [7, 11) is -3.45. The van der Waals surface area contributed by atoms with Crippen molar-refractivity contribution in [2.45, 2.75) is 18.1 Å². The van der Waals surface area contributed by atoms with Crippen LogP contribution in [0, 0.1) is 0 Å². The first-order valence-corrected chi connectivity index (χ1v) is 5.74. The number of nitrogens with one attached hydrogen (secondary N) is 1. The molecule has 0 saturated heterocycles. The molecule has 0 unspecified atom stereocenters. The molecule has 1 aliphatic carbocycles. The molecule has 1 aromatic heterocycles. The summed E-state index contributed by atoms with van der Waals surface area (Å²) in [5, 5.41) is 8.10. The van der Waals surface area contributed by atoms with E-state index in [1.807, 2.05) is 0 Å². The quantitative estimate of drug-likeness (QED) is 0.771. The highest BCUT2D eigenvalue weighted by Crippen LogP contribution is 2.29. The molecule has 0 aliphatic heterocycles. The Bertz CT molecular complexity index is 487. The van der Waals surface area contributed by atoms with Crippen molar-refractivity contribution in [3.05, 3.63) is 12.0 Å². The van der Waals surface area contributed by atoms with Gasteiger partial charge in [0.25, 0.3) is 0 Å². The highest BCUT2D eigenvalue weighted by molar-refractivity contribution is 7.93. The maximum Gasteiger partial charge on any atom is 0.373 e. The second-order valence-electron chi connectivity index (χ2n) is 3.18. The molecule has 1 aromatic rings. The Morgan fingerprint density at radius 1 is 1.60 bits per heavy atom. The van der Waals surface area contributed by atoms with Crippen LogP contribution in [0.15, 0.2) is 10.6 Å². The summed E-state index contributed by atoms with van der Waals surface area (Å²) in [4.78, 5) is 13.9. The number of hydrogen-bond acceptors (Lipinski definition) is 5. The zero-order chi connectivity index (χ0) is 11.1. The predicted molar refractivity (Wildman–Crippen MR) is 49.0 cm³/mol. The van der Waals surface area contributed by atoms with Crippen molar-refractivity contribution in [1.29, 1.82) is 0 Å². The van der Waals surface area contributed by atoms with Crippen LogP contribution in [-0.4, -0.2) is 29.7 Å². The number of carboxylic acid groups (broad SMARTS) is 1. The van der Waals surface area contributed by atoms with Crippen LogP contribution in [0.2, 0.25) is 0 Å². The third kappa shape index (κ3) is 2.09. The summed E-state index contributed by atoms with van der Waals surface area (Å²) in [5.74, 6) is -1.69. The van der Waals surface area contributed by atoms with Crippen LogP contribution in [0.5, 0.6) is 0 Å². The van der Waals surface area contributed by atoms with E-state index in [9.17, 15) is 13.2 Å². The fourth-order valence-corrected chi connectivity index (χ4v) is 2.26. The Balaban J connectivity index is 2.14. The normalized spacial score (nSPS) is 16.3. The number of carbonyl (C=O) groups is 1. The van der Waals surface area contributed by atoms with Gasteiger partial charge in [0.05, 0.1) is 11.4 Å². The summed E-state index contributed by atoms with van der Waals surface area (Å²) >= 11 is 0. The van der Waals surface area contributed by atoms with Crippen molar-refractivity contribution in [2.24, 2.45) is 0 Å². The minimum Gasteiger partial charge on any atom is -0.475 e. The summed E-state index contributed by atoms with van der Waals surface area (Å²) in [5.41, 5.74) is 0. The number of aromatic nitrogens is 1. The minimum absolute atomic E-state index is 0.306. The van der Waals surface area contributed by atoms with Crippen molar-refractivity contribution in [3.8, 4) is 0 Å². The average molecular weight is 232 g/mol. The van der Waals surface area contributed by atoms with Crippen LogP contribution < -0.4 is 4.72 Å². The van der Waals surface area contributed by atoms with Gasteiger partial charge in [-0.05, 0) is 12.8 Å². The number of oxazole rings is 1. The fraction of sp³-hybridized carbons (Fsp3) is 0.429. The van der Waals surface area contributed by atoms with Gasteiger partial charge in [-0.3, -0.25) is 0 Å².